The summed E-state index contributed by atoms with van der Waals surface area (Å²) in [7, 11) is 0. The molecule has 1 N–H and O–H groups in total. The van der Waals surface area contributed by atoms with Gasteiger partial charge >= 0.3 is 0 Å². The molecule has 0 spiro atoms. The van der Waals surface area contributed by atoms with Gasteiger partial charge in [-0.05, 0) is 55.9 Å². The van der Waals surface area contributed by atoms with E-state index in [1.165, 1.54) is 5.56 Å². The van der Waals surface area contributed by atoms with E-state index in [0.717, 1.165) is 24.2 Å². The minimum atomic E-state index is -0.318. The van der Waals surface area contributed by atoms with E-state index in [1.54, 1.807) is 0 Å². The molecule has 0 saturated carbocycles. The summed E-state index contributed by atoms with van der Waals surface area (Å²) in [5.74, 6) is 1.41. The summed E-state index contributed by atoms with van der Waals surface area (Å²) in [6.07, 6.45) is 1.79. The minimum absolute atomic E-state index is 0.177. The third-order valence-corrected chi connectivity index (χ3v) is 3.19. The van der Waals surface area contributed by atoms with Gasteiger partial charge in [-0.3, -0.25) is 0 Å². The van der Waals surface area contributed by atoms with Crippen LogP contribution in [0, 0.1) is 0 Å². The van der Waals surface area contributed by atoms with Crippen LogP contribution >= 0.6 is 0 Å². The summed E-state index contributed by atoms with van der Waals surface area (Å²) in [6, 6.07) is 6.10. The van der Waals surface area contributed by atoms with Crippen LogP contribution < -0.4 is 4.74 Å². The van der Waals surface area contributed by atoms with Crippen LogP contribution in [0.3, 0.4) is 0 Å². The molecule has 0 aromatic heterocycles. The highest BCUT2D eigenvalue weighted by Gasteiger charge is 2.23. The first-order chi connectivity index (χ1) is 7.58. The van der Waals surface area contributed by atoms with Crippen LogP contribution in [0.2, 0.25) is 0 Å². The van der Waals surface area contributed by atoms with E-state index >= 15 is 0 Å². The smallest absolute Gasteiger partial charge is 0.120 e. The predicted molar refractivity (Wildman–Crippen MR) is 64.8 cm³/mol. The molecule has 1 aliphatic rings. The third-order valence-electron chi connectivity index (χ3n) is 3.19. The first-order valence-corrected chi connectivity index (χ1v) is 6.06. The van der Waals surface area contributed by atoms with E-state index in [2.05, 4.69) is 13.0 Å². The lowest BCUT2D eigenvalue weighted by Crippen LogP contribution is -2.13. The Hall–Kier alpha value is -1.02. The Kier molecular flexibility index (Phi) is 3.20. The molecule has 0 heterocycles. The van der Waals surface area contributed by atoms with Gasteiger partial charge in [0.15, 0.2) is 0 Å². The van der Waals surface area contributed by atoms with Crippen LogP contribution in [0.1, 0.15) is 56.8 Å². The third kappa shape index (κ3) is 2.22. The van der Waals surface area contributed by atoms with Crippen LogP contribution in [0.15, 0.2) is 18.2 Å². The predicted octanol–water partition coefficient (Wildman–Crippen LogP) is 3.40. The van der Waals surface area contributed by atoms with E-state index < -0.39 is 0 Å². The van der Waals surface area contributed by atoms with Gasteiger partial charge < -0.3 is 9.84 Å². The number of rotatable bonds is 2. The lowest BCUT2D eigenvalue weighted by Gasteiger charge is -2.27. The Balaban J connectivity index is 2.32. The second kappa shape index (κ2) is 4.46. The van der Waals surface area contributed by atoms with Crippen LogP contribution in [-0.4, -0.2) is 11.2 Å². The molecule has 2 nitrogen and oxygen atoms in total. The first-order valence-electron chi connectivity index (χ1n) is 6.06. The Morgan fingerprint density at radius 1 is 1.25 bits per heavy atom. The van der Waals surface area contributed by atoms with E-state index in [1.807, 2.05) is 26.0 Å². The molecule has 1 aromatic rings. The lowest BCUT2D eigenvalue weighted by molar-refractivity contribution is 0.150. The van der Waals surface area contributed by atoms with Crippen molar-refractivity contribution >= 4 is 0 Å². The second-order valence-electron chi connectivity index (χ2n) is 4.95. The summed E-state index contributed by atoms with van der Waals surface area (Å²) in [6.45, 7) is 6.24. The van der Waals surface area contributed by atoms with E-state index in [-0.39, 0.29) is 12.2 Å². The maximum atomic E-state index is 9.98. The standard InChI is InChI=1S/C14H20O2/c1-9(2)16-11-5-6-12-10(3)4-7-14(15)13(12)8-11/h5-6,8-10,14-15H,4,7H2,1-3H3/t10?,14-/m1/s1. The summed E-state index contributed by atoms with van der Waals surface area (Å²) < 4.78 is 5.65. The average molecular weight is 220 g/mol. The zero-order chi connectivity index (χ0) is 11.7. The molecular weight excluding hydrogens is 200 g/mol. The molecule has 0 saturated heterocycles. The summed E-state index contributed by atoms with van der Waals surface area (Å²) in [4.78, 5) is 0. The molecule has 1 aromatic carbocycles. The molecule has 0 amide bonds. The van der Waals surface area contributed by atoms with Crippen molar-refractivity contribution in [2.75, 3.05) is 0 Å². The fourth-order valence-electron chi connectivity index (χ4n) is 2.35. The van der Waals surface area contributed by atoms with Gasteiger partial charge in [-0.1, -0.05) is 13.0 Å². The summed E-state index contributed by atoms with van der Waals surface area (Å²) >= 11 is 0. The Morgan fingerprint density at radius 2 is 2.00 bits per heavy atom. The average Bonchev–Trinajstić information content (AvgIpc) is 2.23. The molecular formula is C14H20O2. The summed E-state index contributed by atoms with van der Waals surface area (Å²) in [5, 5.41) is 9.98. The van der Waals surface area contributed by atoms with Gasteiger partial charge in [0.05, 0.1) is 12.2 Å². The van der Waals surface area contributed by atoms with Crippen LogP contribution in [0.5, 0.6) is 5.75 Å². The second-order valence-corrected chi connectivity index (χ2v) is 4.95. The van der Waals surface area contributed by atoms with Crippen molar-refractivity contribution in [3.05, 3.63) is 29.3 Å². The number of benzene rings is 1. The molecule has 2 heteroatoms. The molecule has 0 bridgehead atoms. The lowest BCUT2D eigenvalue weighted by atomic mass is 9.82. The number of hydrogen-bond acceptors (Lipinski definition) is 2. The van der Waals surface area contributed by atoms with E-state index in [0.29, 0.717) is 5.92 Å². The zero-order valence-corrected chi connectivity index (χ0v) is 10.2. The van der Waals surface area contributed by atoms with Crippen LogP contribution in [-0.2, 0) is 0 Å². The molecule has 0 fully saturated rings. The first kappa shape index (κ1) is 11.5. The van der Waals surface area contributed by atoms with Crippen molar-refractivity contribution in [1.82, 2.24) is 0 Å². The van der Waals surface area contributed by atoms with E-state index in [4.69, 9.17) is 4.74 Å². The Labute approximate surface area is 97.3 Å². The monoisotopic (exact) mass is 220 g/mol. The fraction of sp³-hybridized carbons (Fsp3) is 0.571. The maximum Gasteiger partial charge on any atom is 0.120 e. The Bertz CT molecular complexity index is 371. The van der Waals surface area contributed by atoms with Crippen molar-refractivity contribution in [1.29, 1.82) is 0 Å². The molecule has 2 atom stereocenters. The topological polar surface area (TPSA) is 29.5 Å². The van der Waals surface area contributed by atoms with Gasteiger partial charge in [-0.15, -0.1) is 0 Å². The molecule has 1 aliphatic carbocycles. The molecule has 1 unspecified atom stereocenters. The summed E-state index contributed by atoms with van der Waals surface area (Å²) in [5.41, 5.74) is 2.33. The van der Waals surface area contributed by atoms with Gasteiger partial charge in [-0.25, -0.2) is 0 Å². The highest BCUT2D eigenvalue weighted by Crippen LogP contribution is 2.38. The quantitative estimate of drug-likeness (QED) is 0.827. The number of aliphatic hydroxyl groups is 1. The van der Waals surface area contributed by atoms with Gasteiger partial charge in [-0.2, -0.15) is 0 Å². The maximum absolute atomic E-state index is 9.98. The van der Waals surface area contributed by atoms with Crippen molar-refractivity contribution in [2.45, 2.75) is 51.7 Å². The van der Waals surface area contributed by atoms with E-state index in [9.17, 15) is 5.11 Å². The number of fused-ring (bicyclic) bond motifs is 1. The van der Waals surface area contributed by atoms with Gasteiger partial charge in [0.25, 0.3) is 0 Å². The van der Waals surface area contributed by atoms with Crippen molar-refractivity contribution in [3.63, 3.8) is 0 Å². The zero-order valence-electron chi connectivity index (χ0n) is 10.2. The number of ether oxygens (including phenoxy) is 1. The van der Waals surface area contributed by atoms with Crippen molar-refractivity contribution in [3.8, 4) is 5.75 Å². The van der Waals surface area contributed by atoms with Crippen LogP contribution in [0.25, 0.3) is 0 Å². The SMILES string of the molecule is CC(C)Oc1ccc2c(c1)[C@H](O)CCC2C. The Morgan fingerprint density at radius 3 is 2.69 bits per heavy atom. The van der Waals surface area contributed by atoms with Gasteiger partial charge in [0.2, 0.25) is 0 Å². The highest BCUT2D eigenvalue weighted by atomic mass is 16.5. The van der Waals surface area contributed by atoms with Gasteiger partial charge in [0.1, 0.15) is 5.75 Å². The fourth-order valence-corrected chi connectivity index (χ4v) is 2.35. The molecule has 0 radical (unpaired) electrons. The number of aliphatic hydroxyl groups excluding tert-OH is 1. The number of hydrogen-bond donors (Lipinski definition) is 1. The van der Waals surface area contributed by atoms with Crippen molar-refractivity contribution < 1.29 is 9.84 Å². The van der Waals surface area contributed by atoms with Crippen molar-refractivity contribution in [2.24, 2.45) is 0 Å². The van der Waals surface area contributed by atoms with Crippen LogP contribution in [0.4, 0.5) is 0 Å². The largest absolute Gasteiger partial charge is 0.491 e. The van der Waals surface area contributed by atoms with Gasteiger partial charge in [0, 0.05) is 0 Å². The highest BCUT2D eigenvalue weighted by molar-refractivity contribution is 5.40. The minimum Gasteiger partial charge on any atom is -0.491 e. The molecule has 16 heavy (non-hydrogen) atoms. The molecule has 88 valence electrons. The molecule has 0 aliphatic heterocycles. The normalized spacial score (nSPS) is 24.3. The molecule has 2 rings (SSSR count).